The first-order valence-electron chi connectivity index (χ1n) is 9.13. The molecule has 146 valence electrons. The first-order chi connectivity index (χ1) is 12.4. The third-order valence-electron chi connectivity index (χ3n) is 5.94. The molecule has 8 heteroatoms. The Balaban J connectivity index is 0.00000210. The van der Waals surface area contributed by atoms with E-state index in [1.807, 2.05) is 17.0 Å². The predicted octanol–water partition coefficient (Wildman–Crippen LogP) is 1.59. The molecule has 0 radical (unpaired) electrons. The molecule has 3 heterocycles. The molecule has 2 amide bonds. The summed E-state index contributed by atoms with van der Waals surface area (Å²) in [5.41, 5.74) is 1.50. The van der Waals surface area contributed by atoms with Crippen LogP contribution in [-0.4, -0.2) is 53.0 Å². The zero-order valence-corrected chi connectivity index (χ0v) is 15.8. The van der Waals surface area contributed by atoms with Crippen LogP contribution < -0.4 is 10.6 Å². The minimum atomic E-state index is -0.773. The Morgan fingerprint density at radius 2 is 1.78 bits per heavy atom. The van der Waals surface area contributed by atoms with Crippen molar-refractivity contribution in [1.82, 2.24) is 10.2 Å². The molecule has 1 aromatic carbocycles. The normalized spacial score (nSPS) is 27.9. The second-order valence-electron chi connectivity index (χ2n) is 7.70. The van der Waals surface area contributed by atoms with Gasteiger partial charge in [0.15, 0.2) is 0 Å². The van der Waals surface area contributed by atoms with Crippen molar-refractivity contribution in [3.63, 3.8) is 0 Å². The maximum absolute atomic E-state index is 12.1. The number of carbonyl (C=O) groups is 3. The lowest BCUT2D eigenvalue weighted by Gasteiger charge is -2.50. The van der Waals surface area contributed by atoms with Crippen LogP contribution in [0.3, 0.4) is 0 Å². The Morgan fingerprint density at radius 3 is 2.33 bits per heavy atom. The van der Waals surface area contributed by atoms with E-state index in [9.17, 15) is 14.4 Å². The number of hydrogen-bond donors (Lipinski definition) is 3. The molecule has 3 N–H and O–H groups in total. The first kappa shape index (κ1) is 19.6. The average Bonchev–Trinajstić information content (AvgIpc) is 2.57. The zero-order valence-electron chi connectivity index (χ0n) is 14.9. The van der Waals surface area contributed by atoms with Crippen molar-refractivity contribution in [2.45, 2.75) is 37.1 Å². The number of hydrogen-bond acceptors (Lipinski definition) is 5. The number of halogens is 1. The number of piperidine rings is 3. The van der Waals surface area contributed by atoms with Gasteiger partial charge in [-0.25, -0.2) is 0 Å². The highest BCUT2D eigenvalue weighted by atomic mass is 35.5. The van der Waals surface area contributed by atoms with Gasteiger partial charge < -0.3 is 10.4 Å². The van der Waals surface area contributed by atoms with Crippen LogP contribution in [0.2, 0.25) is 0 Å². The van der Waals surface area contributed by atoms with Crippen LogP contribution in [0.4, 0.5) is 5.69 Å². The van der Waals surface area contributed by atoms with E-state index in [2.05, 4.69) is 22.8 Å². The number of nitrogens with one attached hydrogen (secondary N) is 2. The van der Waals surface area contributed by atoms with Gasteiger partial charge in [0.2, 0.25) is 5.91 Å². The smallest absolute Gasteiger partial charge is 0.317 e. The van der Waals surface area contributed by atoms with Crippen LogP contribution in [0.1, 0.15) is 37.2 Å². The zero-order chi connectivity index (χ0) is 18.3. The molecule has 3 aliphatic heterocycles. The monoisotopic (exact) mass is 393 g/mol. The molecule has 1 aromatic rings. The molecule has 27 heavy (non-hydrogen) atoms. The third kappa shape index (κ3) is 3.80. The van der Waals surface area contributed by atoms with E-state index in [4.69, 9.17) is 5.11 Å². The predicted molar refractivity (Wildman–Crippen MR) is 102 cm³/mol. The summed E-state index contributed by atoms with van der Waals surface area (Å²) >= 11 is 0. The molecule has 2 bridgehead atoms. The lowest BCUT2D eigenvalue weighted by Crippen LogP contribution is -2.69. The van der Waals surface area contributed by atoms with Gasteiger partial charge in [-0.3, -0.25) is 24.6 Å². The number of nitrogens with zero attached hydrogens (tertiary/aromatic N) is 1. The van der Waals surface area contributed by atoms with E-state index < -0.39 is 11.5 Å². The average molecular weight is 394 g/mol. The van der Waals surface area contributed by atoms with E-state index in [-0.39, 0.29) is 36.7 Å². The lowest BCUT2D eigenvalue weighted by molar-refractivity contribution is -0.149. The Morgan fingerprint density at radius 1 is 1.15 bits per heavy atom. The van der Waals surface area contributed by atoms with E-state index in [0.717, 1.165) is 31.6 Å². The Hall–Kier alpha value is -2.12. The van der Waals surface area contributed by atoms with Crippen molar-refractivity contribution in [2.24, 2.45) is 5.92 Å². The highest BCUT2D eigenvalue weighted by molar-refractivity contribution is 6.08. The number of anilines is 1. The molecule has 4 fully saturated rings. The molecule has 3 saturated heterocycles. The standard InChI is InChI=1S/C19H23N3O4.ClH/c23-16(24)11-22-7-5-13(6-8-22)12-1-3-15(4-2-12)21-19-9-14(10-19)17(25)20-18(19)26;/h1-4,13-14,21H,5-11H2,(H,23,24)(H,20,25,26);1H. The van der Waals surface area contributed by atoms with E-state index in [1.165, 1.54) is 5.56 Å². The number of rotatable bonds is 5. The van der Waals surface area contributed by atoms with Gasteiger partial charge in [-0.2, -0.15) is 0 Å². The molecular formula is C19H24ClN3O4. The Kier molecular flexibility index (Phi) is 5.44. The van der Waals surface area contributed by atoms with Gasteiger partial charge in [0, 0.05) is 11.6 Å². The van der Waals surface area contributed by atoms with Crippen molar-refractivity contribution in [1.29, 1.82) is 0 Å². The quantitative estimate of drug-likeness (QED) is 0.657. The van der Waals surface area contributed by atoms with E-state index in [1.54, 1.807) is 0 Å². The van der Waals surface area contributed by atoms with Crippen molar-refractivity contribution in [3.05, 3.63) is 29.8 Å². The Labute approximate surface area is 163 Å². The van der Waals surface area contributed by atoms with Crippen molar-refractivity contribution >= 4 is 35.9 Å². The summed E-state index contributed by atoms with van der Waals surface area (Å²) in [6.45, 7) is 1.72. The number of amides is 2. The van der Waals surface area contributed by atoms with Crippen LogP contribution in [-0.2, 0) is 14.4 Å². The summed E-state index contributed by atoms with van der Waals surface area (Å²) in [6, 6.07) is 8.15. The van der Waals surface area contributed by atoms with Crippen molar-refractivity contribution < 1.29 is 19.5 Å². The Bertz CT molecular complexity index is 738. The number of carbonyl (C=O) groups excluding carboxylic acids is 2. The SMILES string of the molecule is Cl.O=C(O)CN1CCC(c2ccc(NC34CC(C3)C(=O)NC4=O)cc2)CC1. The molecule has 1 saturated carbocycles. The minimum Gasteiger partial charge on any atom is -0.480 e. The summed E-state index contributed by atoms with van der Waals surface area (Å²) in [6.07, 6.45) is 3.05. The van der Waals surface area contributed by atoms with Gasteiger partial charge in [-0.1, -0.05) is 12.1 Å². The maximum Gasteiger partial charge on any atom is 0.317 e. The van der Waals surface area contributed by atoms with Crippen molar-refractivity contribution in [3.8, 4) is 0 Å². The van der Waals surface area contributed by atoms with Gasteiger partial charge in [0.05, 0.1) is 6.54 Å². The third-order valence-corrected chi connectivity index (χ3v) is 5.94. The molecule has 0 atom stereocenters. The molecule has 0 spiro atoms. The number of imide groups is 1. The molecule has 7 nitrogen and oxygen atoms in total. The number of fused-ring (bicyclic) bond motifs is 2. The highest BCUT2D eigenvalue weighted by Crippen LogP contribution is 2.44. The second kappa shape index (κ2) is 7.48. The highest BCUT2D eigenvalue weighted by Gasteiger charge is 2.57. The van der Waals surface area contributed by atoms with Crippen LogP contribution in [0.15, 0.2) is 24.3 Å². The van der Waals surface area contributed by atoms with Crippen LogP contribution >= 0.6 is 12.4 Å². The summed E-state index contributed by atoms with van der Waals surface area (Å²) in [5.74, 6) is -0.750. The molecule has 5 rings (SSSR count). The van der Waals surface area contributed by atoms with Crippen molar-refractivity contribution in [2.75, 3.05) is 25.0 Å². The first-order valence-corrected chi connectivity index (χ1v) is 9.13. The number of likely N-dealkylation sites (tertiary alicyclic amines) is 1. The molecule has 4 aliphatic rings. The summed E-state index contributed by atoms with van der Waals surface area (Å²) < 4.78 is 0. The van der Waals surface area contributed by atoms with Crippen LogP contribution in [0.25, 0.3) is 0 Å². The molecule has 1 aliphatic carbocycles. The number of benzene rings is 1. The number of aliphatic carboxylic acids is 1. The van der Waals surface area contributed by atoms with Gasteiger partial charge in [0.25, 0.3) is 5.91 Å². The van der Waals surface area contributed by atoms with E-state index in [0.29, 0.717) is 18.8 Å². The maximum atomic E-state index is 12.1. The van der Waals surface area contributed by atoms with Crippen LogP contribution in [0, 0.1) is 5.92 Å². The van der Waals surface area contributed by atoms with Gasteiger partial charge in [-0.05, 0) is 62.4 Å². The summed E-state index contributed by atoms with van der Waals surface area (Å²) in [7, 11) is 0. The molecular weight excluding hydrogens is 370 g/mol. The van der Waals surface area contributed by atoms with Gasteiger partial charge >= 0.3 is 5.97 Å². The summed E-state index contributed by atoms with van der Waals surface area (Å²) in [5, 5.41) is 14.6. The number of carboxylic acids is 1. The minimum absolute atomic E-state index is 0. The van der Waals surface area contributed by atoms with Gasteiger partial charge in [0.1, 0.15) is 5.54 Å². The second-order valence-corrected chi connectivity index (χ2v) is 7.70. The number of carboxylic acid groups (broad SMARTS) is 1. The lowest BCUT2D eigenvalue weighted by atomic mass is 9.64. The fourth-order valence-corrected chi connectivity index (χ4v) is 4.38. The molecule has 0 unspecified atom stereocenters. The fourth-order valence-electron chi connectivity index (χ4n) is 4.38. The molecule has 0 aromatic heterocycles. The fraction of sp³-hybridized carbons (Fsp3) is 0.526. The van der Waals surface area contributed by atoms with E-state index >= 15 is 0 Å². The van der Waals surface area contributed by atoms with Gasteiger partial charge in [-0.15, -0.1) is 12.4 Å². The topological polar surface area (TPSA) is 98.7 Å². The largest absolute Gasteiger partial charge is 0.480 e. The van der Waals surface area contributed by atoms with Crippen LogP contribution in [0.5, 0.6) is 0 Å². The summed E-state index contributed by atoms with van der Waals surface area (Å²) in [4.78, 5) is 36.5.